The van der Waals surface area contributed by atoms with Gasteiger partial charge in [-0.2, -0.15) is 4.98 Å². The van der Waals surface area contributed by atoms with Gasteiger partial charge in [-0.05, 0) is 42.7 Å². The van der Waals surface area contributed by atoms with E-state index in [0.29, 0.717) is 28.4 Å². The average Bonchev–Trinajstić information content (AvgIpc) is 3.25. The maximum absolute atomic E-state index is 12.8. The monoisotopic (exact) mass is 441 g/mol. The highest BCUT2D eigenvalue weighted by Gasteiger charge is 2.32. The van der Waals surface area contributed by atoms with Gasteiger partial charge in [-0.15, -0.1) is 0 Å². The molecule has 1 aliphatic heterocycles. The number of carbonyl (C=O) groups is 1. The van der Waals surface area contributed by atoms with E-state index < -0.39 is 0 Å². The topological polar surface area (TPSA) is 70.2 Å². The van der Waals surface area contributed by atoms with Crippen LogP contribution >= 0.6 is 23.2 Å². The lowest BCUT2D eigenvalue weighted by Crippen LogP contribution is -2.43. The summed E-state index contributed by atoms with van der Waals surface area (Å²) in [6.07, 6.45) is 3.33. The molecule has 4 rings (SSSR count). The van der Waals surface area contributed by atoms with Crippen LogP contribution in [0.4, 0.5) is 17.5 Å². The Bertz CT molecular complexity index is 1050. The number of nitrogens with one attached hydrogen (secondary N) is 2. The van der Waals surface area contributed by atoms with Crippen molar-refractivity contribution in [2.45, 2.75) is 25.4 Å². The number of para-hydroxylation sites is 1. The van der Waals surface area contributed by atoms with E-state index in [0.717, 1.165) is 30.6 Å². The van der Waals surface area contributed by atoms with E-state index in [-0.39, 0.29) is 11.9 Å². The van der Waals surface area contributed by atoms with Crippen LogP contribution in [0.3, 0.4) is 0 Å². The molecule has 0 aliphatic carbocycles. The van der Waals surface area contributed by atoms with E-state index >= 15 is 0 Å². The van der Waals surface area contributed by atoms with Crippen molar-refractivity contribution in [3.05, 3.63) is 76.4 Å². The van der Waals surface area contributed by atoms with E-state index in [1.807, 2.05) is 53.4 Å². The van der Waals surface area contributed by atoms with Crippen LogP contribution in [-0.4, -0.2) is 28.5 Å². The zero-order chi connectivity index (χ0) is 20.9. The van der Waals surface area contributed by atoms with E-state index in [9.17, 15) is 4.79 Å². The second-order valence-electron chi connectivity index (χ2n) is 7.01. The van der Waals surface area contributed by atoms with E-state index in [1.54, 1.807) is 12.3 Å². The van der Waals surface area contributed by atoms with Crippen molar-refractivity contribution >= 4 is 46.6 Å². The molecule has 154 valence electrons. The Morgan fingerprint density at radius 3 is 2.63 bits per heavy atom. The number of aromatic nitrogens is 2. The van der Waals surface area contributed by atoms with Crippen LogP contribution in [0, 0.1) is 0 Å². The number of anilines is 3. The van der Waals surface area contributed by atoms with Gasteiger partial charge in [0.05, 0.1) is 10.7 Å². The molecule has 8 heteroatoms. The van der Waals surface area contributed by atoms with E-state index in [4.69, 9.17) is 23.2 Å². The first-order chi connectivity index (χ1) is 14.6. The highest BCUT2D eigenvalue weighted by Crippen LogP contribution is 2.27. The van der Waals surface area contributed by atoms with Gasteiger partial charge < -0.3 is 15.5 Å². The van der Waals surface area contributed by atoms with Gasteiger partial charge in [-0.25, -0.2) is 4.98 Å². The summed E-state index contributed by atoms with van der Waals surface area (Å²) in [4.78, 5) is 23.8. The fraction of sp³-hybridized carbons (Fsp3) is 0.227. The standard InChI is InChI=1S/C22H21Cl2N5O/c23-16-7-2-1-6-15(16)14-26-21(30)19-10-5-13-29(19)22-25-12-11-20(28-22)27-18-9-4-3-8-17(18)24/h1-4,6-9,11-12,19H,5,10,13-14H2,(H,26,30)(H,25,27,28)/t19-/m0/s1. The molecule has 2 N–H and O–H groups in total. The van der Waals surface area contributed by atoms with Crippen LogP contribution < -0.4 is 15.5 Å². The number of amides is 1. The predicted octanol–water partition coefficient (Wildman–Crippen LogP) is 4.81. The molecule has 2 heterocycles. The second-order valence-corrected chi connectivity index (χ2v) is 7.82. The summed E-state index contributed by atoms with van der Waals surface area (Å²) in [6, 6.07) is 16.4. The van der Waals surface area contributed by atoms with Crippen LogP contribution in [0.2, 0.25) is 10.0 Å². The lowest BCUT2D eigenvalue weighted by atomic mass is 10.2. The van der Waals surface area contributed by atoms with Crippen molar-refractivity contribution in [2.24, 2.45) is 0 Å². The number of nitrogens with zero attached hydrogens (tertiary/aromatic N) is 3. The molecule has 1 saturated heterocycles. The first-order valence-electron chi connectivity index (χ1n) is 9.74. The van der Waals surface area contributed by atoms with Gasteiger partial charge in [-0.1, -0.05) is 53.5 Å². The van der Waals surface area contributed by atoms with Crippen molar-refractivity contribution < 1.29 is 4.79 Å². The summed E-state index contributed by atoms with van der Waals surface area (Å²) in [5.41, 5.74) is 1.65. The van der Waals surface area contributed by atoms with E-state index in [2.05, 4.69) is 20.6 Å². The van der Waals surface area contributed by atoms with Gasteiger partial charge in [0, 0.05) is 24.3 Å². The lowest BCUT2D eigenvalue weighted by molar-refractivity contribution is -0.122. The molecule has 1 amide bonds. The van der Waals surface area contributed by atoms with Crippen LogP contribution in [-0.2, 0) is 11.3 Å². The zero-order valence-corrected chi connectivity index (χ0v) is 17.7. The Kier molecular flexibility index (Phi) is 6.35. The van der Waals surface area contributed by atoms with Gasteiger partial charge in [0.15, 0.2) is 0 Å². The predicted molar refractivity (Wildman–Crippen MR) is 120 cm³/mol. The molecule has 0 bridgehead atoms. The molecule has 3 aromatic rings. The SMILES string of the molecule is O=C(NCc1ccccc1Cl)[C@@H]1CCCN1c1nccc(Nc2ccccc2Cl)n1. The first-order valence-corrected chi connectivity index (χ1v) is 10.5. The van der Waals surface area contributed by atoms with Gasteiger partial charge in [0.2, 0.25) is 11.9 Å². The molecular weight excluding hydrogens is 421 g/mol. The summed E-state index contributed by atoms with van der Waals surface area (Å²) in [5, 5.41) is 7.45. The van der Waals surface area contributed by atoms with Crippen LogP contribution in [0.1, 0.15) is 18.4 Å². The molecule has 2 aromatic carbocycles. The Labute approximate surface area is 185 Å². The smallest absolute Gasteiger partial charge is 0.243 e. The summed E-state index contributed by atoms with van der Waals surface area (Å²) < 4.78 is 0. The Morgan fingerprint density at radius 2 is 1.83 bits per heavy atom. The Hall–Kier alpha value is -2.83. The summed E-state index contributed by atoms with van der Waals surface area (Å²) in [5.74, 6) is 1.08. The minimum absolute atomic E-state index is 0.0551. The molecule has 30 heavy (non-hydrogen) atoms. The fourth-order valence-electron chi connectivity index (χ4n) is 3.48. The maximum atomic E-state index is 12.8. The van der Waals surface area contributed by atoms with Crippen molar-refractivity contribution in [2.75, 3.05) is 16.8 Å². The molecule has 1 atom stereocenters. The number of hydrogen-bond acceptors (Lipinski definition) is 5. The molecular formula is C22H21Cl2N5O. The number of halogens is 2. The molecule has 0 unspecified atom stereocenters. The van der Waals surface area contributed by atoms with Crippen molar-refractivity contribution in [3.8, 4) is 0 Å². The van der Waals surface area contributed by atoms with Crippen molar-refractivity contribution in [3.63, 3.8) is 0 Å². The minimum Gasteiger partial charge on any atom is -0.350 e. The number of rotatable bonds is 6. The molecule has 1 fully saturated rings. The quantitative estimate of drug-likeness (QED) is 0.573. The van der Waals surface area contributed by atoms with Crippen molar-refractivity contribution in [1.82, 2.24) is 15.3 Å². The average molecular weight is 442 g/mol. The minimum atomic E-state index is -0.317. The summed E-state index contributed by atoms with van der Waals surface area (Å²) >= 11 is 12.4. The fourth-order valence-corrected chi connectivity index (χ4v) is 3.86. The highest BCUT2D eigenvalue weighted by molar-refractivity contribution is 6.33. The van der Waals surface area contributed by atoms with Gasteiger partial charge in [0.25, 0.3) is 0 Å². The van der Waals surface area contributed by atoms with Gasteiger partial charge >= 0.3 is 0 Å². The molecule has 0 spiro atoms. The number of benzene rings is 2. The normalized spacial score (nSPS) is 15.8. The number of carbonyl (C=O) groups excluding carboxylic acids is 1. The van der Waals surface area contributed by atoms with Crippen molar-refractivity contribution in [1.29, 1.82) is 0 Å². The third kappa shape index (κ3) is 4.66. The zero-order valence-electron chi connectivity index (χ0n) is 16.2. The highest BCUT2D eigenvalue weighted by atomic mass is 35.5. The van der Waals surface area contributed by atoms with E-state index in [1.165, 1.54) is 0 Å². The maximum Gasteiger partial charge on any atom is 0.243 e. The van der Waals surface area contributed by atoms with Crippen LogP contribution in [0.25, 0.3) is 0 Å². The molecule has 6 nitrogen and oxygen atoms in total. The van der Waals surface area contributed by atoms with Gasteiger partial charge in [-0.3, -0.25) is 4.79 Å². The summed E-state index contributed by atoms with van der Waals surface area (Å²) in [7, 11) is 0. The lowest BCUT2D eigenvalue weighted by Gasteiger charge is -2.24. The third-order valence-corrected chi connectivity index (χ3v) is 5.70. The third-order valence-electron chi connectivity index (χ3n) is 5.00. The molecule has 1 aromatic heterocycles. The Morgan fingerprint density at radius 1 is 1.07 bits per heavy atom. The van der Waals surface area contributed by atoms with Crippen LogP contribution in [0.15, 0.2) is 60.8 Å². The van der Waals surface area contributed by atoms with Crippen LogP contribution in [0.5, 0.6) is 0 Å². The molecule has 0 radical (unpaired) electrons. The number of hydrogen-bond donors (Lipinski definition) is 2. The summed E-state index contributed by atoms with van der Waals surface area (Å²) in [6.45, 7) is 1.11. The van der Waals surface area contributed by atoms with Gasteiger partial charge in [0.1, 0.15) is 11.9 Å². The Balaban J connectivity index is 1.46. The second kappa shape index (κ2) is 9.32. The molecule has 1 aliphatic rings. The first kappa shape index (κ1) is 20.4. The molecule has 0 saturated carbocycles. The largest absolute Gasteiger partial charge is 0.350 e.